The van der Waals surface area contributed by atoms with Crippen LogP contribution in [0.3, 0.4) is 0 Å². The monoisotopic (exact) mass is 376 g/mol. The molecule has 0 amide bonds. The third kappa shape index (κ3) is 3.69. The van der Waals surface area contributed by atoms with Crippen molar-refractivity contribution in [3.05, 3.63) is 45.1 Å². The van der Waals surface area contributed by atoms with Gasteiger partial charge in [-0.3, -0.25) is 9.59 Å². The molecule has 1 N–H and O–H groups in total. The molecule has 0 fully saturated rings. The maximum Gasteiger partial charge on any atom is 0.260 e. The molecule has 0 spiro atoms. The van der Waals surface area contributed by atoms with E-state index in [2.05, 4.69) is 9.97 Å². The first kappa shape index (κ1) is 17.5. The number of hydrogen-bond acceptors (Lipinski definition) is 7. The Kier molecular flexibility index (Phi) is 5.10. The molecular formula is C17H16N2O4S2. The van der Waals surface area contributed by atoms with E-state index < -0.39 is 0 Å². The molecule has 2 heterocycles. The first-order valence-corrected chi connectivity index (χ1v) is 9.20. The van der Waals surface area contributed by atoms with E-state index in [1.54, 1.807) is 25.3 Å². The largest absolute Gasteiger partial charge is 0.497 e. The molecule has 0 atom stereocenters. The van der Waals surface area contributed by atoms with Gasteiger partial charge in [0.15, 0.2) is 10.9 Å². The number of carbonyl (C=O) groups is 1. The number of aromatic amines is 1. The molecule has 0 aliphatic heterocycles. The average Bonchev–Trinajstić information content (AvgIpc) is 3.00. The summed E-state index contributed by atoms with van der Waals surface area (Å²) in [7, 11) is 3.06. The number of fused-ring (bicyclic) bond motifs is 1. The van der Waals surface area contributed by atoms with Crippen molar-refractivity contribution in [2.24, 2.45) is 0 Å². The summed E-state index contributed by atoms with van der Waals surface area (Å²) in [6, 6.07) is 6.86. The highest BCUT2D eigenvalue weighted by atomic mass is 32.2. The summed E-state index contributed by atoms with van der Waals surface area (Å²) in [6.07, 6.45) is 0. The number of benzene rings is 1. The molecule has 6 nitrogen and oxygen atoms in total. The highest BCUT2D eigenvalue weighted by Gasteiger charge is 2.15. The molecule has 0 unspecified atom stereocenters. The lowest BCUT2D eigenvalue weighted by atomic mass is 10.1. The number of aryl methyl sites for hydroxylation is 1. The zero-order valence-electron chi connectivity index (χ0n) is 13.9. The van der Waals surface area contributed by atoms with E-state index >= 15 is 0 Å². The Hall–Kier alpha value is -2.32. The molecule has 1 aromatic carbocycles. The van der Waals surface area contributed by atoms with Crippen molar-refractivity contribution < 1.29 is 14.3 Å². The van der Waals surface area contributed by atoms with Crippen molar-refractivity contribution in [1.29, 1.82) is 0 Å². The number of nitrogens with one attached hydrogen (secondary N) is 1. The summed E-state index contributed by atoms with van der Waals surface area (Å²) in [4.78, 5) is 33.4. The standard InChI is InChI=1S/C17H16N2O4S2/c1-9-6-12-15(21)18-17(19-16(12)25-9)24-8-13(20)11-5-4-10(22-2)7-14(11)23-3/h4-7H,8H2,1-3H3,(H,18,19,21). The van der Waals surface area contributed by atoms with Crippen LogP contribution in [-0.2, 0) is 0 Å². The van der Waals surface area contributed by atoms with Gasteiger partial charge in [-0.15, -0.1) is 11.3 Å². The average molecular weight is 376 g/mol. The Balaban J connectivity index is 1.79. The molecule has 130 valence electrons. The second-order valence-corrected chi connectivity index (χ2v) is 7.42. The van der Waals surface area contributed by atoms with Crippen molar-refractivity contribution in [3.8, 4) is 11.5 Å². The zero-order valence-corrected chi connectivity index (χ0v) is 15.5. The van der Waals surface area contributed by atoms with Crippen LogP contribution in [0.1, 0.15) is 15.2 Å². The van der Waals surface area contributed by atoms with Crippen LogP contribution in [0.4, 0.5) is 0 Å². The topological polar surface area (TPSA) is 81.3 Å². The molecule has 0 aliphatic rings. The number of thiophene rings is 1. The Bertz CT molecular complexity index is 994. The van der Waals surface area contributed by atoms with E-state index in [-0.39, 0.29) is 17.1 Å². The smallest absolute Gasteiger partial charge is 0.260 e. The Labute approximate surface area is 152 Å². The number of carbonyl (C=O) groups excluding carboxylic acids is 1. The quantitative estimate of drug-likeness (QED) is 0.404. The van der Waals surface area contributed by atoms with Gasteiger partial charge in [0.1, 0.15) is 16.3 Å². The third-order valence-corrected chi connectivity index (χ3v) is 5.37. The number of Topliss-reactive ketones (excluding diaryl/α,β-unsaturated/α-hetero) is 1. The van der Waals surface area contributed by atoms with Crippen LogP contribution in [0.5, 0.6) is 11.5 Å². The molecule has 0 radical (unpaired) electrons. The maximum absolute atomic E-state index is 12.5. The number of rotatable bonds is 6. The molecule has 8 heteroatoms. The van der Waals surface area contributed by atoms with Crippen LogP contribution in [0.25, 0.3) is 10.2 Å². The van der Waals surface area contributed by atoms with Gasteiger partial charge in [0.2, 0.25) is 0 Å². The van der Waals surface area contributed by atoms with E-state index in [0.29, 0.717) is 32.4 Å². The molecule has 0 aliphatic carbocycles. The highest BCUT2D eigenvalue weighted by molar-refractivity contribution is 7.99. The van der Waals surface area contributed by atoms with Crippen LogP contribution in [-0.4, -0.2) is 35.7 Å². The normalized spacial score (nSPS) is 10.8. The van der Waals surface area contributed by atoms with E-state index in [1.165, 1.54) is 30.2 Å². The predicted octanol–water partition coefficient (Wildman–Crippen LogP) is 3.29. The van der Waals surface area contributed by atoms with Crippen LogP contribution in [0.2, 0.25) is 0 Å². The minimum atomic E-state index is -0.189. The van der Waals surface area contributed by atoms with E-state index in [4.69, 9.17) is 9.47 Å². The highest BCUT2D eigenvalue weighted by Crippen LogP contribution is 2.27. The predicted molar refractivity (Wildman–Crippen MR) is 99.6 cm³/mol. The van der Waals surface area contributed by atoms with Gasteiger partial charge < -0.3 is 14.5 Å². The summed E-state index contributed by atoms with van der Waals surface area (Å²) in [5.41, 5.74) is 0.275. The fourth-order valence-electron chi connectivity index (χ4n) is 2.34. The summed E-state index contributed by atoms with van der Waals surface area (Å²) >= 11 is 2.65. The molecule has 3 aromatic rings. The van der Waals surface area contributed by atoms with Crippen molar-refractivity contribution in [2.45, 2.75) is 12.1 Å². The SMILES string of the molecule is COc1ccc(C(=O)CSc2nc3sc(C)cc3c(=O)[nH]2)c(OC)c1. The van der Waals surface area contributed by atoms with Crippen LogP contribution >= 0.6 is 23.1 Å². The van der Waals surface area contributed by atoms with Gasteiger partial charge in [0.25, 0.3) is 5.56 Å². The summed E-state index contributed by atoms with van der Waals surface area (Å²) in [6.45, 7) is 1.93. The van der Waals surface area contributed by atoms with Gasteiger partial charge in [-0.25, -0.2) is 4.98 Å². The minimum absolute atomic E-state index is 0.116. The Morgan fingerprint density at radius 2 is 2.08 bits per heavy atom. The number of ketones is 1. The molecule has 2 aromatic heterocycles. The number of H-pyrrole nitrogens is 1. The van der Waals surface area contributed by atoms with Crippen molar-refractivity contribution in [1.82, 2.24) is 9.97 Å². The van der Waals surface area contributed by atoms with Gasteiger partial charge in [-0.2, -0.15) is 0 Å². The van der Waals surface area contributed by atoms with Gasteiger partial charge in [-0.1, -0.05) is 11.8 Å². The molecule has 3 rings (SSSR count). The van der Waals surface area contributed by atoms with Crippen molar-refractivity contribution in [3.63, 3.8) is 0 Å². The van der Waals surface area contributed by atoms with Crippen molar-refractivity contribution in [2.75, 3.05) is 20.0 Å². The summed E-state index contributed by atoms with van der Waals surface area (Å²) in [5, 5.41) is 1.01. The molecular weight excluding hydrogens is 360 g/mol. The zero-order chi connectivity index (χ0) is 18.0. The number of aromatic nitrogens is 2. The molecule has 0 saturated carbocycles. The number of ether oxygens (including phenoxy) is 2. The Morgan fingerprint density at radius 1 is 1.28 bits per heavy atom. The lowest BCUT2D eigenvalue weighted by Gasteiger charge is -2.09. The number of nitrogens with zero attached hydrogens (tertiary/aromatic N) is 1. The molecule has 0 bridgehead atoms. The summed E-state index contributed by atoms with van der Waals surface area (Å²) in [5.74, 6) is 1.09. The number of thioether (sulfide) groups is 1. The third-order valence-electron chi connectivity index (χ3n) is 3.55. The van der Waals surface area contributed by atoms with E-state index in [1.807, 2.05) is 13.0 Å². The number of hydrogen-bond donors (Lipinski definition) is 1. The van der Waals surface area contributed by atoms with Gasteiger partial charge in [0, 0.05) is 10.9 Å². The summed E-state index contributed by atoms with van der Waals surface area (Å²) < 4.78 is 10.4. The number of methoxy groups -OCH3 is 2. The molecule has 0 saturated heterocycles. The first-order valence-electron chi connectivity index (χ1n) is 7.40. The van der Waals surface area contributed by atoms with E-state index in [0.717, 1.165) is 4.88 Å². The first-order chi connectivity index (χ1) is 12.0. The lowest BCUT2D eigenvalue weighted by Crippen LogP contribution is -2.10. The van der Waals surface area contributed by atoms with Gasteiger partial charge in [0.05, 0.1) is 30.9 Å². The van der Waals surface area contributed by atoms with Crippen LogP contribution in [0, 0.1) is 6.92 Å². The lowest BCUT2D eigenvalue weighted by molar-refractivity contribution is 0.101. The van der Waals surface area contributed by atoms with Crippen molar-refractivity contribution >= 4 is 39.1 Å². The van der Waals surface area contributed by atoms with Crippen LogP contribution < -0.4 is 15.0 Å². The fraction of sp³-hybridized carbons (Fsp3) is 0.235. The van der Waals surface area contributed by atoms with E-state index in [9.17, 15) is 9.59 Å². The Morgan fingerprint density at radius 3 is 2.80 bits per heavy atom. The second-order valence-electron chi connectivity index (χ2n) is 5.23. The van der Waals surface area contributed by atoms with Gasteiger partial charge >= 0.3 is 0 Å². The maximum atomic E-state index is 12.5. The molecule has 25 heavy (non-hydrogen) atoms. The minimum Gasteiger partial charge on any atom is -0.497 e. The van der Waals surface area contributed by atoms with Crippen LogP contribution in [0.15, 0.2) is 34.2 Å². The second kappa shape index (κ2) is 7.28. The van der Waals surface area contributed by atoms with Gasteiger partial charge in [-0.05, 0) is 25.1 Å². The fourth-order valence-corrected chi connectivity index (χ4v) is 4.02.